The molecule has 0 saturated carbocycles. The summed E-state index contributed by atoms with van der Waals surface area (Å²) in [4.78, 5) is 14.8. The van der Waals surface area contributed by atoms with Crippen molar-refractivity contribution in [3.8, 4) is 0 Å². The molecular formula is C22H25NO2. The highest BCUT2D eigenvalue weighted by atomic mass is 16.3. The number of amides is 1. The second-order valence-corrected chi connectivity index (χ2v) is 7.42. The predicted molar refractivity (Wildman–Crippen MR) is 98.5 cm³/mol. The van der Waals surface area contributed by atoms with E-state index in [1.165, 1.54) is 23.1 Å². The van der Waals surface area contributed by atoms with Gasteiger partial charge in [0.2, 0.25) is 0 Å². The standard InChI is InChI=1S/C22H25NO2/c24-15-17-6-4-16(5-7-17)12-18-10-11-23(14-18)22(25)21-9-8-19-2-1-3-20(19)13-21/h4-9,13,18,24H,1-3,10-12,14-15H2/t18-/m0/s1. The molecule has 1 amide bonds. The molecule has 2 aliphatic rings. The monoisotopic (exact) mass is 335 g/mol. The van der Waals surface area contributed by atoms with Gasteiger partial charge < -0.3 is 10.0 Å². The second kappa shape index (κ2) is 7.01. The Morgan fingerprint density at radius 2 is 1.80 bits per heavy atom. The zero-order valence-electron chi connectivity index (χ0n) is 14.6. The highest BCUT2D eigenvalue weighted by Crippen LogP contribution is 2.26. The molecule has 2 aromatic rings. The van der Waals surface area contributed by atoms with Crippen LogP contribution in [0.4, 0.5) is 0 Å². The number of aliphatic hydroxyl groups excluding tert-OH is 1. The van der Waals surface area contributed by atoms with E-state index in [1.54, 1.807) is 0 Å². The van der Waals surface area contributed by atoms with Crippen LogP contribution in [0.5, 0.6) is 0 Å². The number of nitrogens with zero attached hydrogens (tertiary/aromatic N) is 1. The molecule has 1 saturated heterocycles. The zero-order valence-corrected chi connectivity index (χ0v) is 14.6. The van der Waals surface area contributed by atoms with E-state index >= 15 is 0 Å². The molecule has 0 aromatic heterocycles. The molecule has 0 bridgehead atoms. The van der Waals surface area contributed by atoms with Gasteiger partial charge in [0.15, 0.2) is 0 Å². The minimum absolute atomic E-state index is 0.0900. The molecule has 0 unspecified atom stereocenters. The summed E-state index contributed by atoms with van der Waals surface area (Å²) in [5, 5.41) is 9.13. The third-order valence-electron chi connectivity index (χ3n) is 5.65. The predicted octanol–water partition coefficient (Wildman–Crippen LogP) is 3.37. The molecule has 1 aliphatic carbocycles. The Kier molecular flexibility index (Phi) is 4.58. The van der Waals surface area contributed by atoms with Crippen molar-refractivity contribution in [1.82, 2.24) is 4.90 Å². The van der Waals surface area contributed by atoms with Crippen LogP contribution in [0.25, 0.3) is 0 Å². The van der Waals surface area contributed by atoms with Crippen molar-refractivity contribution < 1.29 is 9.90 Å². The van der Waals surface area contributed by atoms with Gasteiger partial charge in [0.05, 0.1) is 6.61 Å². The first kappa shape index (κ1) is 16.3. The fourth-order valence-electron chi connectivity index (χ4n) is 4.19. The van der Waals surface area contributed by atoms with E-state index in [1.807, 2.05) is 23.1 Å². The molecule has 25 heavy (non-hydrogen) atoms. The van der Waals surface area contributed by atoms with Crippen molar-refractivity contribution in [3.05, 3.63) is 70.3 Å². The lowest BCUT2D eigenvalue weighted by Crippen LogP contribution is -2.29. The first-order valence-corrected chi connectivity index (χ1v) is 9.32. The number of hydrogen-bond acceptors (Lipinski definition) is 2. The van der Waals surface area contributed by atoms with Crippen LogP contribution in [-0.2, 0) is 25.9 Å². The summed E-state index contributed by atoms with van der Waals surface area (Å²) in [5.41, 5.74) is 5.87. The smallest absolute Gasteiger partial charge is 0.253 e. The third kappa shape index (κ3) is 3.47. The van der Waals surface area contributed by atoms with Gasteiger partial charge in [-0.25, -0.2) is 0 Å². The van der Waals surface area contributed by atoms with Crippen LogP contribution in [0.3, 0.4) is 0 Å². The minimum atomic E-state index is 0.0900. The number of fused-ring (bicyclic) bond motifs is 1. The van der Waals surface area contributed by atoms with Gasteiger partial charge in [-0.15, -0.1) is 0 Å². The Morgan fingerprint density at radius 1 is 1.04 bits per heavy atom. The molecule has 0 spiro atoms. The first-order valence-electron chi connectivity index (χ1n) is 9.32. The molecular weight excluding hydrogens is 310 g/mol. The van der Waals surface area contributed by atoms with E-state index in [0.29, 0.717) is 5.92 Å². The van der Waals surface area contributed by atoms with Crippen LogP contribution in [0, 0.1) is 5.92 Å². The lowest BCUT2D eigenvalue weighted by atomic mass is 9.98. The van der Waals surface area contributed by atoms with Crippen molar-refractivity contribution in [2.75, 3.05) is 13.1 Å². The maximum Gasteiger partial charge on any atom is 0.253 e. The zero-order chi connectivity index (χ0) is 17.2. The van der Waals surface area contributed by atoms with Gasteiger partial charge in [0.1, 0.15) is 0 Å². The third-order valence-corrected chi connectivity index (χ3v) is 5.65. The van der Waals surface area contributed by atoms with Gasteiger partial charge in [0.25, 0.3) is 5.91 Å². The normalized spacial score (nSPS) is 19.2. The average molecular weight is 335 g/mol. The van der Waals surface area contributed by atoms with Gasteiger partial charge >= 0.3 is 0 Å². The Bertz CT molecular complexity index is 766. The van der Waals surface area contributed by atoms with E-state index in [0.717, 1.165) is 49.9 Å². The van der Waals surface area contributed by atoms with Crippen LogP contribution in [0.15, 0.2) is 42.5 Å². The average Bonchev–Trinajstić information content (AvgIpc) is 3.30. The van der Waals surface area contributed by atoms with Crippen LogP contribution in [0.2, 0.25) is 0 Å². The molecule has 0 radical (unpaired) electrons. The van der Waals surface area contributed by atoms with E-state index in [9.17, 15) is 4.79 Å². The maximum absolute atomic E-state index is 12.8. The number of aliphatic hydroxyl groups is 1. The van der Waals surface area contributed by atoms with Crippen molar-refractivity contribution >= 4 is 5.91 Å². The summed E-state index contributed by atoms with van der Waals surface area (Å²) in [7, 11) is 0. The molecule has 3 nitrogen and oxygen atoms in total. The Hall–Kier alpha value is -2.13. The molecule has 1 atom stereocenters. The van der Waals surface area contributed by atoms with Crippen molar-refractivity contribution in [1.29, 1.82) is 0 Å². The van der Waals surface area contributed by atoms with Gasteiger partial charge in [-0.1, -0.05) is 30.3 Å². The quantitative estimate of drug-likeness (QED) is 0.930. The number of benzene rings is 2. The lowest BCUT2D eigenvalue weighted by molar-refractivity contribution is 0.0787. The Balaban J connectivity index is 1.39. The van der Waals surface area contributed by atoms with Crippen LogP contribution < -0.4 is 0 Å². The molecule has 1 N–H and O–H groups in total. The summed E-state index contributed by atoms with van der Waals surface area (Å²) in [6, 6.07) is 14.4. The first-order chi connectivity index (χ1) is 12.2. The van der Waals surface area contributed by atoms with E-state index in [4.69, 9.17) is 5.11 Å². The summed E-state index contributed by atoms with van der Waals surface area (Å²) >= 11 is 0. The van der Waals surface area contributed by atoms with Gasteiger partial charge in [-0.05, 0) is 72.4 Å². The molecule has 1 fully saturated rings. The number of hydrogen-bond donors (Lipinski definition) is 1. The molecule has 2 aromatic carbocycles. The number of aryl methyl sites for hydroxylation is 2. The molecule has 3 heteroatoms. The van der Waals surface area contributed by atoms with Gasteiger partial charge in [-0.2, -0.15) is 0 Å². The minimum Gasteiger partial charge on any atom is -0.392 e. The molecule has 130 valence electrons. The molecule has 1 heterocycles. The topological polar surface area (TPSA) is 40.5 Å². The number of carbonyl (C=O) groups excluding carboxylic acids is 1. The van der Waals surface area contributed by atoms with E-state index < -0.39 is 0 Å². The fraction of sp³-hybridized carbons (Fsp3) is 0.409. The SMILES string of the molecule is O=C(c1ccc2c(c1)CCC2)N1CC[C@@H](Cc2ccc(CO)cc2)C1. The van der Waals surface area contributed by atoms with Crippen LogP contribution in [-0.4, -0.2) is 29.0 Å². The summed E-state index contributed by atoms with van der Waals surface area (Å²) in [6.45, 7) is 1.79. The summed E-state index contributed by atoms with van der Waals surface area (Å²) < 4.78 is 0. The highest BCUT2D eigenvalue weighted by Gasteiger charge is 2.27. The fourth-order valence-corrected chi connectivity index (χ4v) is 4.19. The van der Waals surface area contributed by atoms with Crippen molar-refractivity contribution in [3.63, 3.8) is 0 Å². The van der Waals surface area contributed by atoms with Crippen molar-refractivity contribution in [2.24, 2.45) is 5.92 Å². The van der Waals surface area contributed by atoms with Crippen molar-refractivity contribution in [2.45, 2.75) is 38.7 Å². The number of carbonyl (C=O) groups is 1. The highest BCUT2D eigenvalue weighted by molar-refractivity contribution is 5.94. The second-order valence-electron chi connectivity index (χ2n) is 7.42. The summed E-state index contributed by atoms with van der Waals surface area (Å²) in [5.74, 6) is 0.714. The molecule has 4 rings (SSSR count). The van der Waals surface area contributed by atoms with Gasteiger partial charge in [0, 0.05) is 18.7 Å². The van der Waals surface area contributed by atoms with E-state index in [-0.39, 0.29) is 12.5 Å². The molecule has 1 aliphatic heterocycles. The van der Waals surface area contributed by atoms with Crippen LogP contribution >= 0.6 is 0 Å². The van der Waals surface area contributed by atoms with Gasteiger partial charge in [-0.3, -0.25) is 4.79 Å². The lowest BCUT2D eigenvalue weighted by Gasteiger charge is -2.17. The Labute approximate surface area is 149 Å². The largest absolute Gasteiger partial charge is 0.392 e. The number of rotatable bonds is 4. The van der Waals surface area contributed by atoms with Crippen LogP contribution in [0.1, 0.15) is 45.5 Å². The Morgan fingerprint density at radius 3 is 2.60 bits per heavy atom. The van der Waals surface area contributed by atoms with E-state index in [2.05, 4.69) is 24.3 Å². The maximum atomic E-state index is 12.8. The summed E-state index contributed by atoms with van der Waals surface area (Å²) in [6.07, 6.45) is 5.56. The number of likely N-dealkylation sites (tertiary alicyclic amines) is 1.